The van der Waals surface area contributed by atoms with Gasteiger partial charge in [0.1, 0.15) is 0 Å². The molecule has 146 valence electrons. The average molecular weight is 472 g/mol. The van der Waals surface area contributed by atoms with E-state index in [1.807, 2.05) is 47.0 Å². The normalized spacial score (nSPS) is 11.0. The van der Waals surface area contributed by atoms with E-state index in [-0.39, 0.29) is 18.1 Å². The topological polar surface area (TPSA) is 64.3 Å². The number of benzene rings is 2. The highest BCUT2D eigenvalue weighted by molar-refractivity contribution is 9.10. The average Bonchev–Trinajstić information content (AvgIpc) is 3.03. The summed E-state index contributed by atoms with van der Waals surface area (Å²) in [5.41, 5.74) is 3.11. The van der Waals surface area contributed by atoms with Gasteiger partial charge in [0.25, 0.3) is 0 Å². The summed E-state index contributed by atoms with van der Waals surface area (Å²) < 4.78 is 7.64. The van der Waals surface area contributed by atoms with Gasteiger partial charge in [0.15, 0.2) is 11.4 Å². The molecule has 0 radical (unpaired) electrons. The third kappa shape index (κ3) is 3.39. The number of pyridine rings is 1. The van der Waals surface area contributed by atoms with E-state index < -0.39 is 5.97 Å². The Morgan fingerprint density at radius 3 is 2.52 bits per heavy atom. The summed E-state index contributed by atoms with van der Waals surface area (Å²) in [5, 5.41) is 12.0. The summed E-state index contributed by atoms with van der Waals surface area (Å²) in [6.45, 7) is 1.90. The van der Waals surface area contributed by atoms with Crippen LogP contribution in [0.3, 0.4) is 0 Å². The van der Waals surface area contributed by atoms with Gasteiger partial charge in [-0.05, 0) is 52.7 Å². The van der Waals surface area contributed by atoms with E-state index in [2.05, 4.69) is 20.9 Å². The number of nitrogens with zero attached hydrogens (tertiary/aromatic N) is 2. The van der Waals surface area contributed by atoms with Crippen LogP contribution in [0.25, 0.3) is 27.8 Å². The van der Waals surface area contributed by atoms with Crippen molar-refractivity contribution in [3.05, 3.63) is 76.0 Å². The minimum absolute atomic E-state index is 0.118. The van der Waals surface area contributed by atoms with Gasteiger partial charge in [-0.25, -0.2) is 9.78 Å². The monoisotopic (exact) mass is 470 g/mol. The molecule has 0 atom stereocenters. The molecule has 0 bridgehead atoms. The Balaban J connectivity index is 2.07. The zero-order chi connectivity index (χ0) is 20.5. The quantitative estimate of drug-likeness (QED) is 0.371. The Labute approximate surface area is 180 Å². The van der Waals surface area contributed by atoms with E-state index >= 15 is 0 Å². The number of aromatic hydroxyl groups is 1. The first-order chi connectivity index (χ1) is 14.0. The molecule has 5 nitrogen and oxygen atoms in total. The zero-order valence-electron chi connectivity index (χ0n) is 15.4. The first kappa shape index (κ1) is 19.5. The van der Waals surface area contributed by atoms with Crippen molar-refractivity contribution in [2.75, 3.05) is 6.61 Å². The highest BCUT2D eigenvalue weighted by Gasteiger charge is 2.25. The van der Waals surface area contributed by atoms with E-state index in [1.165, 1.54) is 0 Å². The van der Waals surface area contributed by atoms with Crippen molar-refractivity contribution in [2.24, 2.45) is 0 Å². The fourth-order valence-electron chi connectivity index (χ4n) is 3.27. The number of halogens is 2. The van der Waals surface area contributed by atoms with E-state index in [9.17, 15) is 9.90 Å². The maximum absolute atomic E-state index is 12.2. The number of fused-ring (bicyclic) bond motifs is 1. The first-order valence-corrected chi connectivity index (χ1v) is 10.1. The fourth-order valence-corrected chi connectivity index (χ4v) is 4.19. The van der Waals surface area contributed by atoms with E-state index in [4.69, 9.17) is 16.3 Å². The lowest BCUT2D eigenvalue weighted by Crippen LogP contribution is -2.07. The van der Waals surface area contributed by atoms with Gasteiger partial charge in [0.2, 0.25) is 0 Å². The fraction of sp³-hybridized carbons (Fsp3) is 0.0909. The highest BCUT2D eigenvalue weighted by Crippen LogP contribution is 2.44. The molecule has 0 saturated carbocycles. The third-order valence-electron chi connectivity index (χ3n) is 4.53. The maximum atomic E-state index is 12.2. The number of rotatable bonds is 4. The lowest BCUT2D eigenvalue weighted by Gasteiger charge is -2.12. The molecule has 1 N–H and O–H groups in total. The van der Waals surface area contributed by atoms with E-state index in [1.54, 1.807) is 25.3 Å². The van der Waals surface area contributed by atoms with Crippen LogP contribution in [0.15, 0.2) is 65.3 Å². The molecule has 4 rings (SSSR count). The van der Waals surface area contributed by atoms with Gasteiger partial charge >= 0.3 is 5.97 Å². The summed E-state index contributed by atoms with van der Waals surface area (Å²) in [6.07, 6.45) is 1.57. The summed E-state index contributed by atoms with van der Waals surface area (Å²) in [7, 11) is 0. The van der Waals surface area contributed by atoms with Crippen LogP contribution in [0.1, 0.15) is 17.4 Å². The lowest BCUT2D eigenvalue weighted by molar-refractivity contribution is 0.0516. The molecule has 0 spiro atoms. The van der Waals surface area contributed by atoms with Crippen LogP contribution in [-0.4, -0.2) is 27.2 Å². The maximum Gasteiger partial charge on any atom is 0.360 e. The third-order valence-corrected chi connectivity index (χ3v) is 5.55. The predicted molar refractivity (Wildman–Crippen MR) is 117 cm³/mol. The molecule has 0 amide bonds. The van der Waals surface area contributed by atoms with Gasteiger partial charge in [-0.2, -0.15) is 0 Å². The molecule has 2 heterocycles. The number of aromatic nitrogens is 2. The van der Waals surface area contributed by atoms with Crippen molar-refractivity contribution in [1.29, 1.82) is 0 Å². The number of para-hydroxylation sites is 1. The minimum Gasteiger partial charge on any atom is -0.505 e. The Kier molecular flexibility index (Phi) is 5.30. The molecule has 0 saturated heterocycles. The second kappa shape index (κ2) is 7.89. The van der Waals surface area contributed by atoms with E-state index in [0.717, 1.165) is 16.9 Å². The summed E-state index contributed by atoms with van der Waals surface area (Å²) in [5.74, 6) is -0.892. The van der Waals surface area contributed by atoms with Crippen LogP contribution < -0.4 is 0 Å². The van der Waals surface area contributed by atoms with Gasteiger partial charge in [0.05, 0.1) is 33.9 Å². The van der Waals surface area contributed by atoms with Gasteiger partial charge in [0, 0.05) is 10.7 Å². The zero-order valence-corrected chi connectivity index (χ0v) is 17.7. The van der Waals surface area contributed by atoms with Gasteiger partial charge in [-0.1, -0.05) is 41.9 Å². The molecule has 7 heteroatoms. The SMILES string of the molecule is CCOC(=O)c1ncc2c(c1O)c(Br)c(-c1ccc(Cl)cc1)n2-c1ccccc1. The molecule has 2 aromatic heterocycles. The number of ether oxygens (including phenoxy) is 1. The van der Waals surface area contributed by atoms with Gasteiger partial charge in [-0.3, -0.25) is 0 Å². The summed E-state index contributed by atoms with van der Waals surface area (Å²) in [6, 6.07) is 17.1. The number of carbonyl (C=O) groups excluding carboxylic acids is 1. The number of hydrogen-bond acceptors (Lipinski definition) is 4. The van der Waals surface area contributed by atoms with Crippen LogP contribution in [0.4, 0.5) is 0 Å². The van der Waals surface area contributed by atoms with E-state index in [0.29, 0.717) is 20.4 Å². The number of hydrogen-bond donors (Lipinski definition) is 1. The van der Waals surface area contributed by atoms with Crippen molar-refractivity contribution >= 4 is 44.4 Å². The highest BCUT2D eigenvalue weighted by atomic mass is 79.9. The Bertz CT molecular complexity index is 1200. The molecule has 0 aliphatic carbocycles. The molecule has 0 unspecified atom stereocenters. The van der Waals surface area contributed by atoms with Crippen LogP contribution in [0.5, 0.6) is 5.75 Å². The molecule has 29 heavy (non-hydrogen) atoms. The first-order valence-electron chi connectivity index (χ1n) is 8.93. The molecule has 2 aromatic carbocycles. The summed E-state index contributed by atoms with van der Waals surface area (Å²) >= 11 is 9.70. The van der Waals surface area contributed by atoms with Crippen molar-refractivity contribution in [2.45, 2.75) is 6.92 Å². The van der Waals surface area contributed by atoms with Gasteiger partial charge in [-0.15, -0.1) is 0 Å². The van der Waals surface area contributed by atoms with Gasteiger partial charge < -0.3 is 14.4 Å². The molecule has 0 aliphatic heterocycles. The van der Waals surface area contributed by atoms with Crippen molar-refractivity contribution < 1.29 is 14.6 Å². The Morgan fingerprint density at radius 2 is 1.86 bits per heavy atom. The standard InChI is InChI=1S/C22H16BrClN2O3/c1-2-29-22(28)19-21(27)17-16(12-25-19)26(15-6-4-3-5-7-15)20(18(17)23)13-8-10-14(24)11-9-13/h3-12,27H,2H2,1H3. The molecular weight excluding hydrogens is 456 g/mol. The molecular formula is C22H16BrClN2O3. The van der Waals surface area contributed by atoms with Crippen molar-refractivity contribution in [3.63, 3.8) is 0 Å². The number of carbonyl (C=O) groups is 1. The largest absolute Gasteiger partial charge is 0.505 e. The van der Waals surface area contributed by atoms with Crippen LogP contribution in [0.2, 0.25) is 5.02 Å². The van der Waals surface area contributed by atoms with Crippen molar-refractivity contribution in [1.82, 2.24) is 9.55 Å². The van der Waals surface area contributed by atoms with Crippen LogP contribution in [-0.2, 0) is 4.74 Å². The summed E-state index contributed by atoms with van der Waals surface area (Å²) in [4.78, 5) is 16.4. The second-order valence-electron chi connectivity index (χ2n) is 6.28. The Hall–Kier alpha value is -2.83. The smallest absolute Gasteiger partial charge is 0.360 e. The van der Waals surface area contributed by atoms with Crippen LogP contribution >= 0.6 is 27.5 Å². The number of esters is 1. The molecule has 0 aliphatic rings. The predicted octanol–water partition coefficient (Wildman–Crippen LogP) is 5.99. The lowest BCUT2D eigenvalue weighted by atomic mass is 10.1. The Morgan fingerprint density at radius 1 is 1.17 bits per heavy atom. The second-order valence-corrected chi connectivity index (χ2v) is 7.51. The molecule has 0 fully saturated rings. The van der Waals surface area contributed by atoms with Crippen molar-refractivity contribution in [3.8, 4) is 22.7 Å². The van der Waals surface area contributed by atoms with Crippen LogP contribution in [0, 0.1) is 0 Å². The minimum atomic E-state index is -0.667. The molecule has 4 aromatic rings.